The molecular weight excluding hydrogens is 352 g/mol. The van der Waals surface area contributed by atoms with E-state index in [9.17, 15) is 23.2 Å². The number of nitrogens with zero attached hydrogens (tertiary/aromatic N) is 3. The third kappa shape index (κ3) is 3.79. The van der Waals surface area contributed by atoms with Crippen molar-refractivity contribution >= 4 is 21.5 Å². The summed E-state index contributed by atoms with van der Waals surface area (Å²) in [6.45, 7) is 1.56. The summed E-state index contributed by atoms with van der Waals surface area (Å²) >= 11 is 0. The molecule has 11 heteroatoms. The largest absolute Gasteiger partial charge is 1.00 e. The van der Waals surface area contributed by atoms with E-state index in [2.05, 4.69) is 20.4 Å². The van der Waals surface area contributed by atoms with Gasteiger partial charge in [0.15, 0.2) is 5.69 Å². The van der Waals surface area contributed by atoms with Crippen LogP contribution in [0, 0.1) is 6.92 Å². The smallest absolute Gasteiger partial charge is 0.744 e. The topological polar surface area (TPSA) is 151 Å². The Morgan fingerprint density at radius 3 is 2.52 bits per heavy atom. The summed E-state index contributed by atoms with van der Waals surface area (Å²) in [6.07, 6.45) is 0. The normalized spacial score (nSPS) is 11.5. The van der Waals surface area contributed by atoms with Gasteiger partial charge in [-0.2, -0.15) is 5.10 Å². The first-order chi connectivity index (χ1) is 9.29. The molecule has 0 saturated heterocycles. The Labute approximate surface area is 131 Å². The fourth-order valence-corrected chi connectivity index (χ4v) is 1.87. The fourth-order valence-electron chi connectivity index (χ4n) is 1.38. The van der Waals surface area contributed by atoms with Gasteiger partial charge in [-0.05, 0) is 25.1 Å². The molecule has 3 N–H and O–H groups in total. The van der Waals surface area contributed by atoms with Crippen LogP contribution in [0.25, 0.3) is 0 Å². The van der Waals surface area contributed by atoms with Crippen LogP contribution in [0.5, 0.6) is 11.6 Å². The number of hydrogen-bond donors (Lipinski definition) is 3. The number of azo groups is 1. The molecule has 0 unspecified atom stereocenters. The predicted molar refractivity (Wildman–Crippen MR) is 66.3 cm³/mol. The molecule has 0 aliphatic rings. The van der Waals surface area contributed by atoms with Crippen molar-refractivity contribution in [1.29, 1.82) is 0 Å². The van der Waals surface area contributed by atoms with Crippen molar-refractivity contribution in [2.24, 2.45) is 10.2 Å². The Kier molecular flexibility index (Phi) is 5.07. The monoisotopic (exact) mass is 361 g/mol. The molecule has 0 aliphatic carbocycles. The molecule has 1 heterocycles. The molecule has 0 bridgehead atoms. The average molecular weight is 362 g/mol. The molecule has 0 spiro atoms. The van der Waals surface area contributed by atoms with Gasteiger partial charge in [-0.1, -0.05) is 0 Å². The SMILES string of the molecule is Cc1n[nH]c(O)c1N=Nc1cc(S(=O)(=O)[O-])ccc1O.[Cu].[H+]. The van der Waals surface area contributed by atoms with Gasteiger partial charge < -0.3 is 14.8 Å². The number of aromatic nitrogens is 2. The van der Waals surface area contributed by atoms with Crippen LogP contribution >= 0.6 is 0 Å². The summed E-state index contributed by atoms with van der Waals surface area (Å²) in [5, 5.41) is 32.1. The number of rotatable bonds is 3. The van der Waals surface area contributed by atoms with E-state index in [0.717, 1.165) is 18.2 Å². The van der Waals surface area contributed by atoms with Gasteiger partial charge in [-0.15, -0.1) is 10.2 Å². The van der Waals surface area contributed by atoms with Crippen molar-refractivity contribution in [3.63, 3.8) is 0 Å². The first kappa shape index (κ1) is 17.1. The molecule has 9 nitrogen and oxygen atoms in total. The van der Waals surface area contributed by atoms with E-state index in [1.54, 1.807) is 6.92 Å². The molecule has 1 aromatic carbocycles. The minimum Gasteiger partial charge on any atom is -0.744 e. The molecule has 0 atom stereocenters. The van der Waals surface area contributed by atoms with Gasteiger partial charge in [0.2, 0.25) is 5.88 Å². The van der Waals surface area contributed by atoms with Gasteiger partial charge in [0.05, 0.1) is 10.6 Å². The number of phenols is 1. The Balaban J connectivity index is 0.00000220. The molecule has 0 saturated carbocycles. The van der Waals surface area contributed by atoms with E-state index in [0.29, 0.717) is 5.69 Å². The first-order valence-electron chi connectivity index (χ1n) is 5.23. The number of phenolic OH excluding ortho intramolecular Hbond substituents is 1. The molecule has 2 rings (SSSR count). The molecule has 2 aromatic rings. The maximum Gasteiger partial charge on any atom is 1.00 e. The van der Waals surface area contributed by atoms with Crippen LogP contribution in [-0.2, 0) is 27.2 Å². The van der Waals surface area contributed by atoms with Crippen LogP contribution in [0.15, 0.2) is 33.3 Å². The maximum atomic E-state index is 10.9. The summed E-state index contributed by atoms with van der Waals surface area (Å²) < 4.78 is 32.6. The van der Waals surface area contributed by atoms with Crippen LogP contribution in [0.3, 0.4) is 0 Å². The predicted octanol–water partition coefficient (Wildman–Crippen LogP) is 1.56. The summed E-state index contributed by atoms with van der Waals surface area (Å²) in [6, 6.07) is 2.85. The van der Waals surface area contributed by atoms with Crippen molar-refractivity contribution in [3.05, 3.63) is 23.9 Å². The third-order valence-corrected chi connectivity index (χ3v) is 3.22. The van der Waals surface area contributed by atoms with Crippen molar-refractivity contribution in [2.45, 2.75) is 11.8 Å². The molecule has 117 valence electrons. The second kappa shape index (κ2) is 6.22. The van der Waals surface area contributed by atoms with Gasteiger partial charge in [-0.3, -0.25) is 0 Å². The second-order valence-corrected chi connectivity index (χ2v) is 5.19. The Morgan fingerprint density at radius 2 is 2.00 bits per heavy atom. The quantitative estimate of drug-likeness (QED) is 0.428. The summed E-state index contributed by atoms with van der Waals surface area (Å²) in [4.78, 5) is -0.544. The van der Waals surface area contributed by atoms with Gasteiger partial charge in [0, 0.05) is 17.1 Å². The fraction of sp³-hybridized carbons (Fsp3) is 0.100. The van der Waals surface area contributed by atoms with Crippen LogP contribution in [-0.4, -0.2) is 33.4 Å². The zero-order chi connectivity index (χ0) is 14.9. The molecule has 0 aliphatic heterocycles. The average Bonchev–Trinajstić information content (AvgIpc) is 2.67. The van der Waals surface area contributed by atoms with Crippen LogP contribution in [0.2, 0.25) is 0 Å². The van der Waals surface area contributed by atoms with Gasteiger partial charge in [0.25, 0.3) is 0 Å². The Morgan fingerprint density at radius 1 is 1.33 bits per heavy atom. The standard InChI is InChI=1S/C10H10N4O5S.Cu/c1-5-9(10(16)14-11-5)13-12-7-4-6(20(17,18)19)2-3-8(7)15;/h2-4,15H,1H3,(H2,11,14,16)(H,17,18,19);. The second-order valence-electron chi connectivity index (χ2n) is 3.81. The van der Waals surface area contributed by atoms with Crippen LogP contribution in [0.1, 0.15) is 7.12 Å². The van der Waals surface area contributed by atoms with E-state index in [1.807, 2.05) is 0 Å². The molecule has 1 radical (unpaired) electrons. The molecule has 0 amide bonds. The van der Waals surface area contributed by atoms with Crippen molar-refractivity contribution < 1.29 is 41.7 Å². The number of nitrogens with one attached hydrogen (secondary N) is 1. The Hall–Kier alpha value is -1.94. The third-order valence-electron chi connectivity index (χ3n) is 2.39. The number of H-pyrrole nitrogens is 1. The summed E-state index contributed by atoms with van der Waals surface area (Å²) in [5.41, 5.74) is 0.181. The van der Waals surface area contributed by atoms with E-state index in [1.165, 1.54) is 0 Å². The number of aromatic hydroxyl groups is 2. The Bertz CT molecular complexity index is 773. The number of aromatic amines is 1. The minimum absolute atomic E-state index is 0. The van der Waals surface area contributed by atoms with Gasteiger partial charge in [-0.25, -0.2) is 13.5 Å². The van der Waals surface area contributed by atoms with E-state index in [-0.39, 0.29) is 41.5 Å². The van der Waals surface area contributed by atoms with Crippen LogP contribution < -0.4 is 0 Å². The first-order valence-corrected chi connectivity index (χ1v) is 6.64. The van der Waals surface area contributed by atoms with Gasteiger partial charge >= 0.3 is 1.43 Å². The molecular formula is C10H10CuN4O5S. The van der Waals surface area contributed by atoms with E-state index in [4.69, 9.17) is 0 Å². The summed E-state index contributed by atoms with van der Waals surface area (Å²) in [7, 11) is -4.66. The van der Waals surface area contributed by atoms with Crippen molar-refractivity contribution in [2.75, 3.05) is 0 Å². The number of benzene rings is 1. The zero-order valence-corrected chi connectivity index (χ0v) is 12.2. The van der Waals surface area contributed by atoms with Gasteiger partial charge in [0.1, 0.15) is 21.6 Å². The minimum atomic E-state index is -4.66. The summed E-state index contributed by atoms with van der Waals surface area (Å²) in [5.74, 6) is -0.680. The molecule has 0 fully saturated rings. The molecule has 1 aromatic heterocycles. The van der Waals surface area contributed by atoms with Crippen molar-refractivity contribution in [3.8, 4) is 11.6 Å². The van der Waals surface area contributed by atoms with Crippen LogP contribution in [0.4, 0.5) is 11.4 Å². The molecule has 21 heavy (non-hydrogen) atoms. The number of hydrogen-bond acceptors (Lipinski definition) is 8. The maximum absolute atomic E-state index is 10.9. The van der Waals surface area contributed by atoms with Crippen molar-refractivity contribution in [1.82, 2.24) is 10.2 Å². The zero-order valence-electron chi connectivity index (χ0n) is 11.4. The van der Waals surface area contributed by atoms with E-state index < -0.39 is 15.0 Å². The van der Waals surface area contributed by atoms with E-state index >= 15 is 0 Å². The number of aryl methyl sites for hydroxylation is 1.